The predicted molar refractivity (Wildman–Crippen MR) is 112 cm³/mol. The summed E-state index contributed by atoms with van der Waals surface area (Å²) >= 11 is 0. The Morgan fingerprint density at radius 1 is 0.929 bits per heavy atom. The number of carbonyl (C=O) groups excluding carboxylic acids is 2. The predicted octanol–water partition coefficient (Wildman–Crippen LogP) is 3.89. The topological polar surface area (TPSA) is 108 Å². The number of nitrogens with two attached hydrogens (primary N) is 1. The molecule has 0 bridgehead atoms. The summed E-state index contributed by atoms with van der Waals surface area (Å²) in [5.74, 6) is -0.425. The van der Waals surface area contributed by atoms with Gasteiger partial charge in [0.2, 0.25) is 0 Å². The van der Waals surface area contributed by atoms with Gasteiger partial charge in [-0.25, -0.2) is 10.2 Å². The van der Waals surface area contributed by atoms with Crippen LogP contribution in [0.15, 0.2) is 24.3 Å². The van der Waals surface area contributed by atoms with Crippen LogP contribution >= 0.6 is 0 Å². The normalized spacial score (nSPS) is 10.6. The van der Waals surface area contributed by atoms with Crippen molar-refractivity contribution in [1.29, 1.82) is 0 Å². The molecule has 0 heterocycles. The Balaban J connectivity index is 2.31. The van der Waals surface area contributed by atoms with Crippen molar-refractivity contribution >= 4 is 11.9 Å². The lowest BCUT2D eigenvalue weighted by Gasteiger charge is -2.21. The average Bonchev–Trinajstić information content (AvgIpc) is 2.69. The van der Waals surface area contributed by atoms with Gasteiger partial charge >= 0.3 is 6.03 Å². The molecular weight excluding hydrogens is 356 g/mol. The van der Waals surface area contributed by atoms with E-state index in [0.717, 1.165) is 24.3 Å². The Kier molecular flexibility index (Phi) is 12.7. The molecule has 1 aromatic rings. The molecule has 0 atom stereocenters. The second kappa shape index (κ2) is 14.9. The number of imide groups is 1. The number of amides is 3. The molecule has 0 unspecified atom stereocenters. The lowest BCUT2D eigenvalue weighted by Crippen LogP contribution is -2.52. The summed E-state index contributed by atoms with van der Waals surface area (Å²) in [5.41, 5.74) is 8.56. The van der Waals surface area contributed by atoms with Crippen molar-refractivity contribution < 1.29 is 14.7 Å². The molecule has 0 fully saturated rings. The van der Waals surface area contributed by atoms with Crippen LogP contribution in [0.3, 0.4) is 0 Å². The molecule has 1 aromatic carbocycles. The Bertz CT molecular complexity index is 563. The number of phenols is 1. The van der Waals surface area contributed by atoms with Gasteiger partial charge in [0.25, 0.3) is 5.91 Å². The van der Waals surface area contributed by atoms with Crippen molar-refractivity contribution in [2.45, 2.75) is 71.1 Å². The third-order valence-corrected chi connectivity index (χ3v) is 4.57. The molecule has 0 radical (unpaired) electrons. The third-order valence-electron chi connectivity index (χ3n) is 4.57. The van der Waals surface area contributed by atoms with Crippen LogP contribution in [0.2, 0.25) is 0 Å². The highest BCUT2D eigenvalue weighted by molar-refractivity contribution is 6.03. The van der Waals surface area contributed by atoms with Crippen LogP contribution in [0.1, 0.15) is 81.5 Å². The molecule has 0 saturated heterocycles. The number of nitrogens with one attached hydrogen (secondary N) is 2. The molecule has 0 spiro atoms. The molecular formula is C21H36N4O3. The number of unbranched alkanes of at least 4 members (excludes halogenated alkanes) is 9. The van der Waals surface area contributed by atoms with Crippen LogP contribution < -0.4 is 16.5 Å². The van der Waals surface area contributed by atoms with Gasteiger partial charge in [-0.05, 0) is 30.7 Å². The molecule has 158 valence electrons. The molecule has 3 amide bonds. The zero-order chi connectivity index (χ0) is 20.6. The fraction of sp³-hybridized carbons (Fsp3) is 0.619. The second-order valence-corrected chi connectivity index (χ2v) is 6.96. The highest BCUT2D eigenvalue weighted by Gasteiger charge is 2.22. The minimum atomic E-state index is -0.590. The van der Waals surface area contributed by atoms with E-state index in [-0.39, 0.29) is 12.4 Å². The van der Waals surface area contributed by atoms with E-state index in [0.29, 0.717) is 12.1 Å². The van der Waals surface area contributed by atoms with E-state index < -0.39 is 11.9 Å². The van der Waals surface area contributed by atoms with Crippen LogP contribution in [0.25, 0.3) is 0 Å². The third kappa shape index (κ3) is 9.71. The molecule has 0 aliphatic heterocycles. The molecule has 7 heteroatoms. The first kappa shape index (κ1) is 23.9. The molecule has 7 nitrogen and oxygen atoms in total. The molecule has 0 aliphatic rings. The lowest BCUT2D eigenvalue weighted by atomic mass is 10.1. The zero-order valence-corrected chi connectivity index (χ0v) is 17.1. The highest BCUT2D eigenvalue weighted by atomic mass is 16.3. The summed E-state index contributed by atoms with van der Waals surface area (Å²) in [5, 5.41) is 12.7. The minimum Gasteiger partial charge on any atom is -0.508 e. The molecule has 0 aromatic heterocycles. The van der Waals surface area contributed by atoms with E-state index in [2.05, 4.69) is 17.7 Å². The van der Waals surface area contributed by atoms with Crippen LogP contribution in [0.4, 0.5) is 4.79 Å². The summed E-state index contributed by atoms with van der Waals surface area (Å²) in [6, 6.07) is 5.18. The SMILES string of the molecule is CCCCCCCCCCCCNN(C(=O)NCN)C(=O)c1ccc(O)cc1. The number of phenolic OH excluding ortho intramolecular Hbond substituents is 1. The van der Waals surface area contributed by atoms with Crippen LogP contribution in [-0.2, 0) is 0 Å². The summed E-state index contributed by atoms with van der Waals surface area (Å²) < 4.78 is 0. The number of carbonyl (C=O) groups is 2. The molecule has 28 heavy (non-hydrogen) atoms. The summed E-state index contributed by atoms with van der Waals surface area (Å²) in [4.78, 5) is 24.7. The van der Waals surface area contributed by atoms with Crippen molar-refractivity contribution in [2.24, 2.45) is 5.73 Å². The first-order chi connectivity index (χ1) is 13.6. The molecule has 0 aliphatic carbocycles. The van der Waals surface area contributed by atoms with E-state index in [1.807, 2.05) is 0 Å². The van der Waals surface area contributed by atoms with Crippen molar-refractivity contribution in [3.05, 3.63) is 29.8 Å². The van der Waals surface area contributed by atoms with E-state index in [1.165, 1.54) is 69.2 Å². The average molecular weight is 393 g/mol. The van der Waals surface area contributed by atoms with Gasteiger partial charge in [0.15, 0.2) is 0 Å². The van der Waals surface area contributed by atoms with Crippen LogP contribution in [0, 0.1) is 0 Å². The quantitative estimate of drug-likeness (QED) is 0.218. The van der Waals surface area contributed by atoms with Crippen LogP contribution in [-0.4, -0.2) is 35.3 Å². The standard InChI is InChI=1S/C21H36N4O3/c1-2-3-4-5-6-7-8-9-10-11-16-24-25(21(28)23-17-22)20(27)18-12-14-19(26)15-13-18/h12-15,24,26H,2-11,16-17,22H2,1H3,(H,23,28). The van der Waals surface area contributed by atoms with E-state index in [1.54, 1.807) is 0 Å². The number of aromatic hydroxyl groups is 1. The maximum atomic E-state index is 12.6. The maximum absolute atomic E-state index is 12.6. The van der Waals surface area contributed by atoms with Gasteiger partial charge in [-0.2, -0.15) is 5.01 Å². The van der Waals surface area contributed by atoms with Gasteiger partial charge in [-0.15, -0.1) is 0 Å². The fourth-order valence-corrected chi connectivity index (χ4v) is 2.94. The van der Waals surface area contributed by atoms with Gasteiger partial charge in [-0.3, -0.25) is 4.79 Å². The van der Waals surface area contributed by atoms with Gasteiger partial charge < -0.3 is 16.2 Å². The largest absolute Gasteiger partial charge is 0.508 e. The number of hydrogen-bond donors (Lipinski definition) is 4. The number of urea groups is 1. The zero-order valence-electron chi connectivity index (χ0n) is 17.1. The minimum absolute atomic E-state index is 0.0574. The smallest absolute Gasteiger partial charge is 0.340 e. The Hall–Kier alpha value is -2.12. The maximum Gasteiger partial charge on any atom is 0.340 e. The van der Waals surface area contributed by atoms with E-state index >= 15 is 0 Å². The van der Waals surface area contributed by atoms with E-state index in [4.69, 9.17) is 5.73 Å². The summed E-state index contributed by atoms with van der Waals surface area (Å²) in [6.45, 7) is 2.70. The number of rotatable bonds is 14. The molecule has 1 rings (SSSR count). The monoisotopic (exact) mass is 392 g/mol. The number of benzene rings is 1. The van der Waals surface area contributed by atoms with Crippen LogP contribution in [0.5, 0.6) is 5.75 Å². The molecule has 5 N–H and O–H groups in total. The van der Waals surface area contributed by atoms with Crippen molar-refractivity contribution in [2.75, 3.05) is 13.2 Å². The second-order valence-electron chi connectivity index (χ2n) is 6.96. The number of hydrazine groups is 1. The van der Waals surface area contributed by atoms with Gasteiger partial charge in [0.1, 0.15) is 5.75 Å². The Morgan fingerprint density at radius 2 is 1.46 bits per heavy atom. The first-order valence-electron chi connectivity index (χ1n) is 10.4. The van der Waals surface area contributed by atoms with Gasteiger partial charge in [-0.1, -0.05) is 64.7 Å². The summed E-state index contributed by atoms with van der Waals surface area (Å²) in [7, 11) is 0. The lowest BCUT2D eigenvalue weighted by molar-refractivity contribution is 0.0726. The highest BCUT2D eigenvalue weighted by Crippen LogP contribution is 2.12. The van der Waals surface area contributed by atoms with Gasteiger partial charge in [0.05, 0.1) is 6.67 Å². The van der Waals surface area contributed by atoms with Crippen molar-refractivity contribution in [3.63, 3.8) is 0 Å². The Labute approximate surface area is 168 Å². The van der Waals surface area contributed by atoms with Gasteiger partial charge in [0, 0.05) is 12.1 Å². The van der Waals surface area contributed by atoms with Crippen molar-refractivity contribution in [1.82, 2.24) is 15.8 Å². The molecule has 0 saturated carbocycles. The number of nitrogens with zero attached hydrogens (tertiary/aromatic N) is 1. The van der Waals surface area contributed by atoms with Crippen molar-refractivity contribution in [3.8, 4) is 5.75 Å². The fourth-order valence-electron chi connectivity index (χ4n) is 2.94. The Morgan fingerprint density at radius 3 is 2.00 bits per heavy atom. The van der Waals surface area contributed by atoms with E-state index in [9.17, 15) is 14.7 Å². The number of hydrogen-bond acceptors (Lipinski definition) is 5. The summed E-state index contributed by atoms with van der Waals surface area (Å²) in [6.07, 6.45) is 12.2. The first-order valence-corrected chi connectivity index (χ1v) is 10.4.